The van der Waals surface area contributed by atoms with Gasteiger partial charge in [-0.25, -0.2) is 4.98 Å². The van der Waals surface area contributed by atoms with Gasteiger partial charge >= 0.3 is 0 Å². The highest BCUT2D eigenvalue weighted by atomic mass is 16.7. The molecule has 6 rings (SSSR count). The topological polar surface area (TPSA) is 75.7 Å². The average molecular weight is 509 g/mol. The molecule has 3 heterocycles. The van der Waals surface area contributed by atoms with Crippen molar-refractivity contribution < 1.29 is 14.3 Å². The van der Waals surface area contributed by atoms with Crippen LogP contribution in [0.4, 0.5) is 5.82 Å². The van der Waals surface area contributed by atoms with Gasteiger partial charge in [-0.1, -0.05) is 49.4 Å². The number of likely N-dealkylation sites (tertiary alicyclic amines) is 1. The summed E-state index contributed by atoms with van der Waals surface area (Å²) < 4.78 is 11.1. The van der Waals surface area contributed by atoms with Crippen molar-refractivity contribution in [2.45, 2.75) is 32.4 Å². The van der Waals surface area contributed by atoms with E-state index in [4.69, 9.17) is 14.5 Å². The van der Waals surface area contributed by atoms with Crippen molar-refractivity contribution in [2.24, 2.45) is 0 Å². The standard InChI is InChI=1S/C31H32N4O3/c1-2-32-19-24-9-6-14-35(24)31(36)26-17-30(33-18-21-7-4-3-5-8-21)34-27-12-10-22(15-25(26)27)23-11-13-28-29(16-23)38-20-37-28/h3-5,7-8,10-13,15-17,24,32H,2,6,9,14,18-20H2,1H3,(H,33,34). The summed E-state index contributed by atoms with van der Waals surface area (Å²) in [6.07, 6.45) is 2.04. The largest absolute Gasteiger partial charge is 0.454 e. The maximum atomic E-state index is 14.1. The molecule has 0 radical (unpaired) electrons. The molecule has 2 N–H and O–H groups in total. The molecule has 3 aromatic carbocycles. The summed E-state index contributed by atoms with van der Waals surface area (Å²) in [6, 6.07) is 24.4. The fourth-order valence-corrected chi connectivity index (χ4v) is 5.32. The zero-order valence-corrected chi connectivity index (χ0v) is 21.6. The van der Waals surface area contributed by atoms with Crippen molar-refractivity contribution in [1.29, 1.82) is 0 Å². The Labute approximate surface area is 222 Å². The van der Waals surface area contributed by atoms with Gasteiger partial charge in [0, 0.05) is 31.1 Å². The molecule has 7 heteroatoms. The van der Waals surface area contributed by atoms with Crippen molar-refractivity contribution in [1.82, 2.24) is 15.2 Å². The minimum atomic E-state index is 0.0587. The van der Waals surface area contributed by atoms with Crippen LogP contribution in [-0.4, -0.2) is 48.3 Å². The number of benzene rings is 3. The third-order valence-electron chi connectivity index (χ3n) is 7.33. The Morgan fingerprint density at radius 2 is 1.82 bits per heavy atom. The van der Waals surface area contributed by atoms with Crippen molar-refractivity contribution in [2.75, 3.05) is 31.7 Å². The van der Waals surface area contributed by atoms with Gasteiger partial charge in [-0.05, 0) is 66.4 Å². The number of likely N-dealkylation sites (N-methyl/N-ethyl adjacent to an activating group) is 1. The first-order valence-corrected chi connectivity index (χ1v) is 13.3. The number of hydrogen-bond donors (Lipinski definition) is 2. The summed E-state index contributed by atoms with van der Waals surface area (Å²) in [4.78, 5) is 21.0. The first kappa shape index (κ1) is 24.2. The Morgan fingerprint density at radius 1 is 1.00 bits per heavy atom. The normalized spacial score (nSPS) is 16.2. The zero-order chi connectivity index (χ0) is 25.9. The quantitative estimate of drug-likeness (QED) is 0.329. The first-order chi connectivity index (χ1) is 18.7. The maximum Gasteiger partial charge on any atom is 0.254 e. The van der Waals surface area contributed by atoms with Crippen molar-refractivity contribution >= 4 is 22.6 Å². The number of aromatic nitrogens is 1. The molecule has 1 atom stereocenters. The van der Waals surface area contributed by atoms with E-state index >= 15 is 0 Å². The second-order valence-electron chi connectivity index (χ2n) is 9.80. The van der Waals surface area contributed by atoms with Gasteiger partial charge in [0.15, 0.2) is 11.5 Å². The summed E-state index contributed by atoms with van der Waals surface area (Å²) >= 11 is 0. The zero-order valence-electron chi connectivity index (χ0n) is 21.6. The van der Waals surface area contributed by atoms with Gasteiger partial charge in [-0.3, -0.25) is 4.79 Å². The lowest BCUT2D eigenvalue weighted by atomic mass is 9.99. The number of nitrogens with one attached hydrogen (secondary N) is 2. The van der Waals surface area contributed by atoms with E-state index in [9.17, 15) is 4.79 Å². The fraction of sp³-hybridized carbons (Fsp3) is 0.290. The average Bonchev–Trinajstić information content (AvgIpc) is 3.63. The molecule has 2 aliphatic heterocycles. The van der Waals surface area contributed by atoms with Crippen LogP contribution < -0.4 is 20.1 Å². The van der Waals surface area contributed by atoms with Crippen LogP contribution in [0.3, 0.4) is 0 Å². The van der Waals surface area contributed by atoms with E-state index in [1.165, 1.54) is 0 Å². The van der Waals surface area contributed by atoms with Crippen LogP contribution in [0, 0.1) is 0 Å². The molecular weight excluding hydrogens is 476 g/mol. The lowest BCUT2D eigenvalue weighted by Gasteiger charge is -2.26. The molecule has 4 aromatic rings. The molecule has 1 amide bonds. The molecule has 2 aliphatic rings. The molecule has 0 spiro atoms. The number of hydrogen-bond acceptors (Lipinski definition) is 6. The van der Waals surface area contributed by atoms with Crippen LogP contribution in [-0.2, 0) is 6.54 Å². The van der Waals surface area contributed by atoms with E-state index < -0.39 is 0 Å². The molecule has 7 nitrogen and oxygen atoms in total. The Hall–Kier alpha value is -4.10. The second-order valence-corrected chi connectivity index (χ2v) is 9.80. The summed E-state index contributed by atoms with van der Waals surface area (Å²) in [5.41, 5.74) is 4.63. The third-order valence-corrected chi connectivity index (χ3v) is 7.33. The smallest absolute Gasteiger partial charge is 0.254 e. The molecule has 1 saturated heterocycles. The Bertz CT molecular complexity index is 1460. The second kappa shape index (κ2) is 10.7. The van der Waals surface area contributed by atoms with Gasteiger partial charge in [0.2, 0.25) is 6.79 Å². The fourth-order valence-electron chi connectivity index (χ4n) is 5.32. The number of carbonyl (C=O) groups is 1. The molecule has 194 valence electrons. The van der Waals surface area contributed by atoms with Gasteiger partial charge in [-0.2, -0.15) is 0 Å². The highest BCUT2D eigenvalue weighted by molar-refractivity contribution is 6.08. The van der Waals surface area contributed by atoms with Crippen LogP contribution in [0.15, 0.2) is 72.8 Å². The number of fused-ring (bicyclic) bond motifs is 2. The van der Waals surface area contributed by atoms with Crippen LogP contribution in [0.5, 0.6) is 11.5 Å². The van der Waals surface area contributed by atoms with Gasteiger partial charge in [-0.15, -0.1) is 0 Å². The highest BCUT2D eigenvalue weighted by Crippen LogP contribution is 2.37. The number of carbonyl (C=O) groups excluding carboxylic acids is 1. The van der Waals surface area contributed by atoms with Crippen LogP contribution in [0.2, 0.25) is 0 Å². The van der Waals surface area contributed by atoms with E-state index in [2.05, 4.69) is 35.8 Å². The molecule has 1 fully saturated rings. The monoisotopic (exact) mass is 508 g/mol. The number of rotatable bonds is 8. The van der Waals surface area contributed by atoms with Gasteiger partial charge < -0.3 is 25.0 Å². The Kier molecular flexibility index (Phi) is 6.84. The third kappa shape index (κ3) is 4.89. The summed E-state index contributed by atoms with van der Waals surface area (Å²) in [6.45, 7) is 5.44. The van der Waals surface area contributed by atoms with E-state index in [-0.39, 0.29) is 18.7 Å². The molecule has 38 heavy (non-hydrogen) atoms. The first-order valence-electron chi connectivity index (χ1n) is 13.3. The number of anilines is 1. The van der Waals surface area contributed by atoms with E-state index in [0.717, 1.165) is 71.6 Å². The molecular formula is C31H32N4O3. The van der Waals surface area contributed by atoms with Gasteiger partial charge in [0.25, 0.3) is 5.91 Å². The number of ether oxygens (including phenoxy) is 2. The number of nitrogens with zero attached hydrogens (tertiary/aromatic N) is 2. The number of pyridine rings is 1. The van der Waals surface area contributed by atoms with Crippen molar-refractivity contribution in [3.8, 4) is 22.6 Å². The molecule has 1 aromatic heterocycles. The molecule has 1 unspecified atom stereocenters. The summed E-state index contributed by atoms with van der Waals surface area (Å²) in [5, 5.41) is 7.71. The Balaban J connectivity index is 1.39. The summed E-state index contributed by atoms with van der Waals surface area (Å²) in [5.74, 6) is 2.24. The summed E-state index contributed by atoms with van der Waals surface area (Å²) in [7, 11) is 0. The predicted molar refractivity (Wildman–Crippen MR) is 150 cm³/mol. The van der Waals surface area contributed by atoms with Crippen LogP contribution in [0.25, 0.3) is 22.0 Å². The minimum Gasteiger partial charge on any atom is -0.454 e. The van der Waals surface area contributed by atoms with Gasteiger partial charge in [0.1, 0.15) is 5.82 Å². The van der Waals surface area contributed by atoms with Crippen LogP contribution >= 0.6 is 0 Å². The van der Waals surface area contributed by atoms with Crippen molar-refractivity contribution in [3.05, 3.63) is 83.9 Å². The van der Waals surface area contributed by atoms with Gasteiger partial charge in [0.05, 0.1) is 11.1 Å². The molecule has 0 bridgehead atoms. The highest BCUT2D eigenvalue weighted by Gasteiger charge is 2.30. The predicted octanol–water partition coefficient (Wildman–Crippen LogP) is 5.46. The Morgan fingerprint density at radius 3 is 2.68 bits per heavy atom. The van der Waals surface area contributed by atoms with Crippen molar-refractivity contribution in [3.63, 3.8) is 0 Å². The lowest BCUT2D eigenvalue weighted by Crippen LogP contribution is -2.41. The SMILES string of the molecule is CCNCC1CCCN1C(=O)c1cc(NCc2ccccc2)nc2ccc(-c3ccc4c(c3)OCO4)cc12. The minimum absolute atomic E-state index is 0.0587. The molecule has 0 aliphatic carbocycles. The van der Waals surface area contributed by atoms with E-state index in [1.807, 2.05) is 59.5 Å². The number of amides is 1. The maximum absolute atomic E-state index is 14.1. The molecule has 0 saturated carbocycles. The van der Waals surface area contributed by atoms with Crippen LogP contribution in [0.1, 0.15) is 35.7 Å². The lowest BCUT2D eigenvalue weighted by molar-refractivity contribution is 0.0738. The van der Waals surface area contributed by atoms with E-state index in [0.29, 0.717) is 17.9 Å². The van der Waals surface area contributed by atoms with E-state index in [1.54, 1.807) is 0 Å².